The topological polar surface area (TPSA) is 99.8 Å². The molecule has 0 atom stereocenters. The zero-order valence-corrected chi connectivity index (χ0v) is 8.97. The highest BCUT2D eigenvalue weighted by atomic mass is 16.1. The number of fused-ring (bicyclic) bond motifs is 1. The van der Waals surface area contributed by atoms with E-state index < -0.39 is 0 Å². The summed E-state index contributed by atoms with van der Waals surface area (Å²) >= 11 is 0. The van der Waals surface area contributed by atoms with Gasteiger partial charge in [0.2, 0.25) is 11.9 Å². The van der Waals surface area contributed by atoms with E-state index in [0.717, 1.165) is 11.1 Å². The van der Waals surface area contributed by atoms with Gasteiger partial charge >= 0.3 is 0 Å². The summed E-state index contributed by atoms with van der Waals surface area (Å²) in [4.78, 5) is 19.2. The lowest BCUT2D eigenvalue weighted by Crippen LogP contribution is -2.15. The van der Waals surface area contributed by atoms with E-state index in [1.165, 1.54) is 0 Å². The molecule has 2 aromatic rings. The fourth-order valence-corrected chi connectivity index (χ4v) is 1.60. The van der Waals surface area contributed by atoms with Gasteiger partial charge in [-0.15, -0.1) is 0 Å². The first kappa shape index (κ1) is 10.4. The molecule has 2 rings (SSSR count). The number of nitrogens with zero attached hydrogens (tertiary/aromatic N) is 3. The number of nitrogens with two attached hydrogens (primary N) is 2. The van der Waals surface area contributed by atoms with Gasteiger partial charge in [0.1, 0.15) is 5.52 Å². The van der Waals surface area contributed by atoms with E-state index in [0.29, 0.717) is 18.1 Å². The maximum Gasteiger partial charge on any atom is 0.219 e. The fourth-order valence-electron chi connectivity index (χ4n) is 1.60. The molecule has 0 aromatic carbocycles. The number of aromatic nitrogens is 3. The molecule has 84 valence electrons. The molecule has 0 aliphatic rings. The van der Waals surface area contributed by atoms with E-state index in [9.17, 15) is 4.79 Å². The van der Waals surface area contributed by atoms with Crippen molar-refractivity contribution >= 4 is 23.0 Å². The third kappa shape index (κ3) is 1.69. The summed E-state index contributed by atoms with van der Waals surface area (Å²) in [6.07, 6.45) is 1.92. The molecule has 0 unspecified atom stereocenters. The standard InChI is InChI=1S/C10H13N5O/c1-6-2-4-13-9-8(6)14-10(12)15(9)5-3-7(11)16/h2,4H,3,5H2,1H3,(H2,11,16)(H2,12,14). The minimum absolute atomic E-state index is 0.227. The first-order valence-corrected chi connectivity index (χ1v) is 4.95. The van der Waals surface area contributed by atoms with Crippen molar-refractivity contribution in [3.8, 4) is 0 Å². The number of hydrogen-bond acceptors (Lipinski definition) is 4. The van der Waals surface area contributed by atoms with Crippen LogP contribution in [0.4, 0.5) is 5.95 Å². The van der Waals surface area contributed by atoms with Crippen LogP contribution in [0.5, 0.6) is 0 Å². The highest BCUT2D eigenvalue weighted by molar-refractivity contribution is 5.78. The van der Waals surface area contributed by atoms with Gasteiger partial charge in [-0.1, -0.05) is 0 Å². The largest absolute Gasteiger partial charge is 0.370 e. The van der Waals surface area contributed by atoms with Crippen molar-refractivity contribution in [3.63, 3.8) is 0 Å². The summed E-state index contributed by atoms with van der Waals surface area (Å²) in [5.74, 6) is -0.00745. The van der Waals surface area contributed by atoms with Crippen LogP contribution >= 0.6 is 0 Å². The van der Waals surface area contributed by atoms with E-state index >= 15 is 0 Å². The number of carbonyl (C=O) groups is 1. The van der Waals surface area contributed by atoms with Crippen LogP contribution in [0, 0.1) is 6.92 Å². The Bertz CT molecular complexity index is 545. The van der Waals surface area contributed by atoms with Gasteiger partial charge in [0.25, 0.3) is 0 Å². The summed E-state index contributed by atoms with van der Waals surface area (Å²) in [5.41, 5.74) is 13.3. The van der Waals surface area contributed by atoms with Crippen LogP contribution in [-0.4, -0.2) is 20.4 Å². The van der Waals surface area contributed by atoms with Crippen molar-refractivity contribution in [2.24, 2.45) is 5.73 Å². The van der Waals surface area contributed by atoms with E-state index in [1.807, 2.05) is 13.0 Å². The van der Waals surface area contributed by atoms with E-state index in [4.69, 9.17) is 11.5 Å². The number of imidazole rings is 1. The van der Waals surface area contributed by atoms with Gasteiger partial charge < -0.3 is 11.5 Å². The van der Waals surface area contributed by atoms with Crippen LogP contribution in [0.15, 0.2) is 12.3 Å². The van der Waals surface area contributed by atoms with Crippen LogP contribution in [0.25, 0.3) is 11.2 Å². The summed E-state index contributed by atoms with van der Waals surface area (Å²) < 4.78 is 1.70. The van der Waals surface area contributed by atoms with Crippen LogP contribution in [0.2, 0.25) is 0 Å². The number of aryl methyl sites for hydroxylation is 2. The monoisotopic (exact) mass is 219 g/mol. The molecule has 0 aliphatic carbocycles. The lowest BCUT2D eigenvalue weighted by molar-refractivity contribution is -0.118. The molecule has 0 bridgehead atoms. The van der Waals surface area contributed by atoms with Gasteiger partial charge in [0, 0.05) is 19.2 Å². The van der Waals surface area contributed by atoms with Crippen LogP contribution < -0.4 is 11.5 Å². The second kappa shape index (κ2) is 3.80. The second-order valence-electron chi connectivity index (χ2n) is 3.64. The molecule has 2 aromatic heterocycles. The summed E-state index contributed by atoms with van der Waals surface area (Å²) in [5, 5.41) is 0. The normalized spacial score (nSPS) is 10.8. The molecule has 6 heteroatoms. The second-order valence-corrected chi connectivity index (χ2v) is 3.64. The highest BCUT2D eigenvalue weighted by Gasteiger charge is 2.11. The molecule has 2 heterocycles. The number of anilines is 1. The molecule has 0 aliphatic heterocycles. The molecule has 0 saturated carbocycles. The molecule has 0 saturated heterocycles. The van der Waals surface area contributed by atoms with E-state index in [2.05, 4.69) is 9.97 Å². The maximum atomic E-state index is 10.7. The molecular formula is C10H13N5O. The minimum atomic E-state index is -0.367. The molecule has 0 spiro atoms. The summed E-state index contributed by atoms with van der Waals surface area (Å²) in [7, 11) is 0. The van der Waals surface area contributed by atoms with Gasteiger partial charge in [0.05, 0.1) is 0 Å². The average Bonchev–Trinajstić information content (AvgIpc) is 2.53. The van der Waals surface area contributed by atoms with Crippen LogP contribution in [0.3, 0.4) is 0 Å². The Labute approximate surface area is 92.3 Å². The van der Waals surface area contributed by atoms with Crippen molar-refractivity contribution in [1.29, 1.82) is 0 Å². The Hall–Kier alpha value is -2.11. The van der Waals surface area contributed by atoms with E-state index in [-0.39, 0.29) is 12.3 Å². The van der Waals surface area contributed by atoms with Crippen molar-refractivity contribution in [2.75, 3.05) is 5.73 Å². The molecular weight excluding hydrogens is 206 g/mol. The van der Waals surface area contributed by atoms with Gasteiger partial charge in [-0.2, -0.15) is 0 Å². The molecule has 16 heavy (non-hydrogen) atoms. The maximum absolute atomic E-state index is 10.7. The van der Waals surface area contributed by atoms with Crippen molar-refractivity contribution in [1.82, 2.24) is 14.5 Å². The van der Waals surface area contributed by atoms with Gasteiger partial charge in [0.15, 0.2) is 5.65 Å². The van der Waals surface area contributed by atoms with Crippen molar-refractivity contribution in [3.05, 3.63) is 17.8 Å². The Morgan fingerprint density at radius 2 is 2.31 bits per heavy atom. The zero-order valence-electron chi connectivity index (χ0n) is 8.97. The molecule has 0 fully saturated rings. The predicted octanol–water partition coefficient (Wildman–Crippen LogP) is 0.197. The molecule has 4 N–H and O–H groups in total. The smallest absolute Gasteiger partial charge is 0.219 e. The zero-order chi connectivity index (χ0) is 11.7. The number of rotatable bonds is 3. The molecule has 0 radical (unpaired) electrons. The lowest BCUT2D eigenvalue weighted by Gasteiger charge is -2.03. The summed E-state index contributed by atoms with van der Waals surface area (Å²) in [6.45, 7) is 2.35. The van der Waals surface area contributed by atoms with Gasteiger partial charge in [-0.05, 0) is 18.6 Å². The Morgan fingerprint density at radius 1 is 1.56 bits per heavy atom. The third-order valence-electron chi connectivity index (χ3n) is 2.45. The first-order chi connectivity index (χ1) is 7.59. The number of carbonyl (C=O) groups excluding carboxylic acids is 1. The Balaban J connectivity index is 2.48. The van der Waals surface area contributed by atoms with Crippen LogP contribution in [-0.2, 0) is 11.3 Å². The number of pyridine rings is 1. The third-order valence-corrected chi connectivity index (χ3v) is 2.45. The van der Waals surface area contributed by atoms with Crippen LogP contribution in [0.1, 0.15) is 12.0 Å². The minimum Gasteiger partial charge on any atom is -0.370 e. The van der Waals surface area contributed by atoms with E-state index in [1.54, 1.807) is 10.8 Å². The number of primary amides is 1. The average molecular weight is 219 g/mol. The fraction of sp³-hybridized carbons (Fsp3) is 0.300. The lowest BCUT2D eigenvalue weighted by atomic mass is 10.3. The van der Waals surface area contributed by atoms with Gasteiger partial charge in [-0.25, -0.2) is 9.97 Å². The van der Waals surface area contributed by atoms with Gasteiger partial charge in [-0.3, -0.25) is 9.36 Å². The van der Waals surface area contributed by atoms with Crippen molar-refractivity contribution in [2.45, 2.75) is 19.9 Å². The molecule has 1 amide bonds. The number of amides is 1. The quantitative estimate of drug-likeness (QED) is 0.769. The predicted molar refractivity (Wildman–Crippen MR) is 60.5 cm³/mol. The number of nitrogen functional groups attached to an aromatic ring is 1. The first-order valence-electron chi connectivity index (χ1n) is 4.95. The SMILES string of the molecule is Cc1ccnc2c1nc(N)n2CCC(N)=O. The Morgan fingerprint density at radius 3 is 3.00 bits per heavy atom. The number of hydrogen-bond donors (Lipinski definition) is 2. The Kier molecular flexibility index (Phi) is 2.47. The highest BCUT2D eigenvalue weighted by Crippen LogP contribution is 2.18. The summed E-state index contributed by atoms with van der Waals surface area (Å²) in [6, 6.07) is 1.87. The van der Waals surface area contributed by atoms with Crippen molar-refractivity contribution < 1.29 is 4.79 Å². The molecule has 6 nitrogen and oxygen atoms in total.